The molecule has 4 nitrogen and oxygen atoms in total. The van der Waals surface area contributed by atoms with E-state index in [1.54, 1.807) is 0 Å². The quantitative estimate of drug-likeness (QED) is 0.663. The normalized spacial score (nSPS) is 16.8. The van der Waals surface area contributed by atoms with E-state index in [-0.39, 0.29) is 11.9 Å². The number of aromatic nitrogens is 1. The van der Waals surface area contributed by atoms with E-state index in [1.165, 1.54) is 0 Å². The van der Waals surface area contributed by atoms with Gasteiger partial charge in [0.1, 0.15) is 5.69 Å². The van der Waals surface area contributed by atoms with Gasteiger partial charge in [-0.2, -0.15) is 5.26 Å². The number of carbonyl (C=O) groups is 1. The summed E-state index contributed by atoms with van der Waals surface area (Å²) in [6.45, 7) is 0.742. The fourth-order valence-corrected chi connectivity index (χ4v) is 3.96. The number of rotatable bonds is 2. The van der Waals surface area contributed by atoms with Crippen molar-refractivity contribution in [1.29, 1.82) is 5.26 Å². The minimum absolute atomic E-state index is 0.0340. The molecule has 1 amide bonds. The van der Waals surface area contributed by atoms with Crippen molar-refractivity contribution in [2.45, 2.75) is 18.9 Å². The van der Waals surface area contributed by atoms with Crippen LogP contribution in [-0.2, 0) is 7.05 Å². The van der Waals surface area contributed by atoms with Gasteiger partial charge in [-0.3, -0.25) is 4.79 Å². The molecular weight excluding hydrogens is 346 g/mol. The number of amides is 1. The third-order valence-electron chi connectivity index (χ3n) is 5.16. The van der Waals surface area contributed by atoms with Crippen LogP contribution in [0.1, 0.15) is 40.5 Å². The Kier molecular flexibility index (Phi) is 4.18. The highest BCUT2D eigenvalue weighted by Crippen LogP contribution is 2.34. The first-order valence-corrected chi connectivity index (χ1v) is 9.02. The van der Waals surface area contributed by atoms with Crippen LogP contribution in [0.5, 0.6) is 0 Å². The van der Waals surface area contributed by atoms with E-state index in [1.807, 2.05) is 65.0 Å². The van der Waals surface area contributed by atoms with Crippen molar-refractivity contribution in [3.05, 3.63) is 70.4 Å². The smallest absolute Gasteiger partial charge is 0.271 e. The van der Waals surface area contributed by atoms with Crippen molar-refractivity contribution in [2.75, 3.05) is 6.54 Å². The van der Waals surface area contributed by atoms with Gasteiger partial charge in [-0.05, 0) is 48.7 Å². The van der Waals surface area contributed by atoms with E-state index in [2.05, 4.69) is 6.07 Å². The number of nitrogens with zero attached hydrogens (tertiary/aromatic N) is 3. The summed E-state index contributed by atoms with van der Waals surface area (Å²) in [5, 5.41) is 10.6. The maximum atomic E-state index is 13.2. The Morgan fingerprint density at radius 1 is 1.19 bits per heavy atom. The van der Waals surface area contributed by atoms with E-state index in [0.717, 1.165) is 35.9 Å². The van der Waals surface area contributed by atoms with Crippen molar-refractivity contribution in [1.82, 2.24) is 9.47 Å². The first-order valence-electron chi connectivity index (χ1n) is 8.64. The number of fused-ring (bicyclic) bond motifs is 1. The molecule has 1 saturated heterocycles. The third-order valence-corrected chi connectivity index (χ3v) is 5.40. The lowest BCUT2D eigenvalue weighted by Crippen LogP contribution is -2.31. The molecule has 4 rings (SSSR count). The predicted octanol–water partition coefficient (Wildman–Crippen LogP) is 4.68. The summed E-state index contributed by atoms with van der Waals surface area (Å²) in [6, 6.07) is 17.3. The van der Waals surface area contributed by atoms with Crippen molar-refractivity contribution < 1.29 is 4.79 Å². The Hall–Kier alpha value is -2.77. The second-order valence-electron chi connectivity index (χ2n) is 6.68. The average molecular weight is 364 g/mol. The second kappa shape index (κ2) is 6.51. The first kappa shape index (κ1) is 16.7. The van der Waals surface area contributed by atoms with Crippen LogP contribution in [0.15, 0.2) is 48.5 Å². The molecule has 1 aromatic heterocycles. The van der Waals surface area contributed by atoms with E-state index < -0.39 is 0 Å². The minimum Gasteiger partial charge on any atom is -0.340 e. The zero-order valence-electron chi connectivity index (χ0n) is 14.4. The molecule has 1 atom stereocenters. The summed E-state index contributed by atoms with van der Waals surface area (Å²) in [4.78, 5) is 15.2. The van der Waals surface area contributed by atoms with Crippen LogP contribution in [-0.4, -0.2) is 21.9 Å². The number of halogens is 1. The van der Waals surface area contributed by atoms with Gasteiger partial charge >= 0.3 is 0 Å². The van der Waals surface area contributed by atoms with Gasteiger partial charge in [0.15, 0.2) is 0 Å². The Balaban J connectivity index is 1.68. The minimum atomic E-state index is 0.0340. The molecule has 1 fully saturated rings. The zero-order valence-corrected chi connectivity index (χ0v) is 15.2. The molecular formula is C21H18ClN3O. The van der Waals surface area contributed by atoms with Gasteiger partial charge in [0, 0.05) is 29.5 Å². The molecule has 0 N–H and O–H groups in total. The third kappa shape index (κ3) is 2.75. The molecule has 0 saturated carbocycles. The Morgan fingerprint density at radius 2 is 1.96 bits per heavy atom. The highest BCUT2D eigenvalue weighted by atomic mass is 35.5. The van der Waals surface area contributed by atoms with Crippen molar-refractivity contribution >= 4 is 28.4 Å². The molecule has 0 radical (unpaired) electrons. The highest BCUT2D eigenvalue weighted by molar-refractivity contribution is 6.31. The number of nitriles is 1. The molecule has 130 valence electrons. The predicted molar refractivity (Wildman–Crippen MR) is 102 cm³/mol. The topological polar surface area (TPSA) is 49.0 Å². The van der Waals surface area contributed by atoms with Gasteiger partial charge in [0.25, 0.3) is 5.91 Å². The molecule has 2 heterocycles. The van der Waals surface area contributed by atoms with Gasteiger partial charge in [-0.1, -0.05) is 29.8 Å². The highest BCUT2D eigenvalue weighted by Gasteiger charge is 2.32. The van der Waals surface area contributed by atoms with Gasteiger partial charge in [-0.15, -0.1) is 0 Å². The van der Waals surface area contributed by atoms with Crippen LogP contribution in [0.25, 0.3) is 10.9 Å². The molecule has 3 aromatic rings. The van der Waals surface area contributed by atoms with Crippen LogP contribution < -0.4 is 0 Å². The Labute approximate surface area is 157 Å². The lowest BCUT2D eigenvalue weighted by molar-refractivity contribution is 0.0726. The average Bonchev–Trinajstić information content (AvgIpc) is 3.27. The number of hydrogen-bond donors (Lipinski definition) is 0. The number of carbonyl (C=O) groups excluding carboxylic acids is 1. The summed E-state index contributed by atoms with van der Waals surface area (Å²) < 4.78 is 1.91. The molecule has 0 bridgehead atoms. The monoisotopic (exact) mass is 363 g/mol. The molecule has 1 aliphatic heterocycles. The summed E-state index contributed by atoms with van der Waals surface area (Å²) >= 11 is 6.10. The van der Waals surface area contributed by atoms with Crippen LogP contribution >= 0.6 is 11.6 Å². The summed E-state index contributed by atoms with van der Waals surface area (Å²) in [5.41, 5.74) is 3.34. The summed E-state index contributed by atoms with van der Waals surface area (Å²) in [7, 11) is 1.90. The number of aryl methyl sites for hydroxylation is 1. The van der Waals surface area contributed by atoms with Gasteiger partial charge < -0.3 is 9.47 Å². The van der Waals surface area contributed by atoms with Gasteiger partial charge in [-0.25, -0.2) is 0 Å². The fourth-order valence-electron chi connectivity index (χ4n) is 3.79. The maximum Gasteiger partial charge on any atom is 0.271 e. The Bertz CT molecular complexity index is 1030. The molecule has 2 aromatic carbocycles. The Morgan fingerprint density at radius 3 is 2.69 bits per heavy atom. The fraction of sp³-hybridized carbons (Fsp3) is 0.238. The molecule has 5 heteroatoms. The van der Waals surface area contributed by atoms with Crippen LogP contribution in [0.2, 0.25) is 5.02 Å². The number of hydrogen-bond acceptors (Lipinski definition) is 2. The molecule has 0 aliphatic carbocycles. The molecule has 26 heavy (non-hydrogen) atoms. The van der Waals surface area contributed by atoms with E-state index in [4.69, 9.17) is 16.9 Å². The first-order chi connectivity index (χ1) is 12.6. The van der Waals surface area contributed by atoms with E-state index in [0.29, 0.717) is 16.3 Å². The van der Waals surface area contributed by atoms with Crippen molar-refractivity contribution in [2.24, 2.45) is 7.05 Å². The zero-order chi connectivity index (χ0) is 18.3. The standard InChI is InChI=1S/C21H18ClN3O/c1-24-19-12-17(22)9-8-16(19)11-20(24)21(26)25-10-2-3-18(25)15-6-4-14(13-23)5-7-15/h4-9,11-12,18H,2-3,10H2,1H3. The van der Waals surface area contributed by atoms with Crippen LogP contribution in [0.4, 0.5) is 0 Å². The van der Waals surface area contributed by atoms with Crippen LogP contribution in [0.3, 0.4) is 0 Å². The lowest BCUT2D eigenvalue weighted by Gasteiger charge is -2.25. The second-order valence-corrected chi connectivity index (χ2v) is 7.12. The van der Waals surface area contributed by atoms with Crippen LogP contribution in [0, 0.1) is 11.3 Å². The van der Waals surface area contributed by atoms with Gasteiger partial charge in [0.2, 0.25) is 0 Å². The summed E-state index contributed by atoms with van der Waals surface area (Å²) in [5.74, 6) is 0.0340. The molecule has 1 unspecified atom stereocenters. The number of likely N-dealkylation sites (tertiary alicyclic amines) is 1. The van der Waals surface area contributed by atoms with Crippen molar-refractivity contribution in [3.63, 3.8) is 0 Å². The maximum absolute atomic E-state index is 13.2. The van der Waals surface area contributed by atoms with E-state index in [9.17, 15) is 4.79 Å². The largest absolute Gasteiger partial charge is 0.340 e. The SMILES string of the molecule is Cn1c(C(=O)N2CCCC2c2ccc(C#N)cc2)cc2ccc(Cl)cc21. The lowest BCUT2D eigenvalue weighted by atomic mass is 10.0. The van der Waals surface area contributed by atoms with E-state index >= 15 is 0 Å². The molecule has 0 spiro atoms. The summed E-state index contributed by atoms with van der Waals surface area (Å²) in [6.07, 6.45) is 1.92. The molecule has 1 aliphatic rings. The van der Waals surface area contributed by atoms with Gasteiger partial charge in [0.05, 0.1) is 17.7 Å². The number of benzene rings is 2. The van der Waals surface area contributed by atoms with Crippen molar-refractivity contribution in [3.8, 4) is 6.07 Å².